The molecule has 0 saturated heterocycles. The molecule has 0 amide bonds. The van der Waals surface area contributed by atoms with Gasteiger partial charge >= 0.3 is 0 Å². The smallest absolute Gasteiger partial charge is 0.200 e. The molecule has 0 saturated carbocycles. The third-order valence-corrected chi connectivity index (χ3v) is 5.76. The van der Waals surface area contributed by atoms with Crippen LogP contribution in [0.1, 0.15) is 30.9 Å². The van der Waals surface area contributed by atoms with Crippen molar-refractivity contribution in [3.05, 3.63) is 65.2 Å². The van der Waals surface area contributed by atoms with E-state index in [1.807, 2.05) is 11.3 Å². The molecule has 4 aromatic rings. The van der Waals surface area contributed by atoms with Crippen molar-refractivity contribution >= 4 is 32.2 Å². The third-order valence-electron chi connectivity index (χ3n) is 4.88. The standard InChI is InChI=1S/C22H22NS/c1-14(2)16-5-6-19-17(12-16)7-9-23(4)22(19)20-13-21-18(8-10-24-21)11-15(20)3/h5-14H,1-4H3/q+1. The maximum absolute atomic E-state index is 2.35. The van der Waals surface area contributed by atoms with Gasteiger partial charge < -0.3 is 0 Å². The van der Waals surface area contributed by atoms with E-state index in [0.717, 1.165) is 0 Å². The highest BCUT2D eigenvalue weighted by molar-refractivity contribution is 7.17. The van der Waals surface area contributed by atoms with Gasteiger partial charge in [0.1, 0.15) is 7.05 Å². The van der Waals surface area contributed by atoms with E-state index in [4.69, 9.17) is 0 Å². The van der Waals surface area contributed by atoms with Crippen molar-refractivity contribution < 1.29 is 4.57 Å². The molecule has 2 aromatic carbocycles. The lowest BCUT2D eigenvalue weighted by Crippen LogP contribution is -2.30. The van der Waals surface area contributed by atoms with E-state index in [1.165, 1.54) is 43.2 Å². The molecule has 120 valence electrons. The van der Waals surface area contributed by atoms with E-state index in [1.54, 1.807) is 0 Å². The molecule has 0 aliphatic rings. The highest BCUT2D eigenvalue weighted by Crippen LogP contribution is 2.33. The number of aryl methyl sites for hydroxylation is 2. The van der Waals surface area contributed by atoms with Crippen LogP contribution < -0.4 is 4.57 Å². The van der Waals surface area contributed by atoms with Crippen molar-refractivity contribution in [1.82, 2.24) is 0 Å². The topological polar surface area (TPSA) is 3.88 Å². The first-order valence-corrected chi connectivity index (χ1v) is 9.33. The first kappa shape index (κ1) is 15.3. The van der Waals surface area contributed by atoms with Crippen molar-refractivity contribution in [2.24, 2.45) is 7.05 Å². The van der Waals surface area contributed by atoms with Crippen molar-refractivity contribution in [3.63, 3.8) is 0 Å². The van der Waals surface area contributed by atoms with Gasteiger partial charge in [0.05, 0.1) is 10.9 Å². The zero-order valence-electron chi connectivity index (χ0n) is 14.6. The number of aromatic nitrogens is 1. The fraction of sp³-hybridized carbons (Fsp3) is 0.227. The Kier molecular flexibility index (Phi) is 3.65. The number of nitrogens with zero attached hydrogens (tertiary/aromatic N) is 1. The van der Waals surface area contributed by atoms with Gasteiger partial charge in [-0.1, -0.05) is 26.0 Å². The van der Waals surface area contributed by atoms with Crippen LogP contribution in [0.15, 0.2) is 54.0 Å². The van der Waals surface area contributed by atoms with Gasteiger partial charge in [0.25, 0.3) is 0 Å². The van der Waals surface area contributed by atoms with E-state index in [9.17, 15) is 0 Å². The monoisotopic (exact) mass is 332 g/mol. The lowest BCUT2D eigenvalue weighted by atomic mass is 9.95. The van der Waals surface area contributed by atoms with E-state index in [0.29, 0.717) is 5.92 Å². The Labute approximate surface area is 147 Å². The zero-order valence-corrected chi connectivity index (χ0v) is 15.4. The predicted octanol–water partition coefficient (Wildman–Crippen LogP) is 5.98. The second kappa shape index (κ2) is 5.71. The molecule has 0 aliphatic carbocycles. The summed E-state index contributed by atoms with van der Waals surface area (Å²) in [5.74, 6) is 0.552. The number of thiophene rings is 1. The Morgan fingerprint density at radius 2 is 1.79 bits per heavy atom. The summed E-state index contributed by atoms with van der Waals surface area (Å²) in [6, 6.07) is 16.0. The van der Waals surface area contributed by atoms with Crippen molar-refractivity contribution in [2.45, 2.75) is 26.7 Å². The third kappa shape index (κ3) is 2.42. The minimum Gasteiger partial charge on any atom is -0.200 e. The second-order valence-electron chi connectivity index (χ2n) is 6.90. The summed E-state index contributed by atoms with van der Waals surface area (Å²) >= 11 is 1.81. The molecule has 0 N–H and O–H groups in total. The molecule has 0 atom stereocenters. The molecule has 1 nitrogen and oxygen atoms in total. The van der Waals surface area contributed by atoms with Crippen LogP contribution in [0.3, 0.4) is 0 Å². The molecule has 0 radical (unpaired) electrons. The van der Waals surface area contributed by atoms with Crippen LogP contribution in [-0.4, -0.2) is 0 Å². The van der Waals surface area contributed by atoms with E-state index >= 15 is 0 Å². The van der Waals surface area contributed by atoms with Gasteiger partial charge in [-0.15, -0.1) is 11.3 Å². The van der Waals surface area contributed by atoms with Crippen LogP contribution in [0.5, 0.6) is 0 Å². The first-order chi connectivity index (χ1) is 11.5. The Morgan fingerprint density at radius 1 is 0.958 bits per heavy atom. The van der Waals surface area contributed by atoms with E-state index in [2.05, 4.69) is 86.4 Å². The lowest BCUT2D eigenvalue weighted by Gasteiger charge is -2.11. The highest BCUT2D eigenvalue weighted by Gasteiger charge is 2.18. The van der Waals surface area contributed by atoms with E-state index < -0.39 is 0 Å². The molecule has 24 heavy (non-hydrogen) atoms. The molecule has 0 spiro atoms. The Bertz CT molecular complexity index is 1060. The molecule has 0 unspecified atom stereocenters. The van der Waals surface area contributed by atoms with Crippen LogP contribution >= 0.6 is 11.3 Å². The minimum atomic E-state index is 0.552. The van der Waals surface area contributed by atoms with Crippen LogP contribution in [0.25, 0.3) is 32.1 Å². The number of hydrogen-bond acceptors (Lipinski definition) is 1. The van der Waals surface area contributed by atoms with Gasteiger partial charge in [-0.05, 0) is 64.4 Å². The maximum atomic E-state index is 2.35. The molecule has 2 heterocycles. The highest BCUT2D eigenvalue weighted by atomic mass is 32.1. The zero-order chi connectivity index (χ0) is 16.8. The average molecular weight is 332 g/mol. The number of rotatable bonds is 2. The van der Waals surface area contributed by atoms with Gasteiger partial charge in [0.15, 0.2) is 6.20 Å². The van der Waals surface area contributed by atoms with Gasteiger partial charge in [-0.3, -0.25) is 0 Å². The minimum absolute atomic E-state index is 0.552. The maximum Gasteiger partial charge on any atom is 0.220 e. The number of benzene rings is 2. The Morgan fingerprint density at radius 3 is 2.58 bits per heavy atom. The molecule has 0 bridgehead atoms. The molecule has 4 rings (SSSR count). The quantitative estimate of drug-likeness (QED) is 0.398. The number of hydrogen-bond donors (Lipinski definition) is 0. The fourth-order valence-electron chi connectivity index (χ4n) is 3.46. The van der Waals surface area contributed by atoms with Crippen molar-refractivity contribution in [2.75, 3.05) is 0 Å². The summed E-state index contributed by atoms with van der Waals surface area (Å²) in [4.78, 5) is 0. The van der Waals surface area contributed by atoms with Gasteiger partial charge in [-0.25, -0.2) is 4.57 Å². The fourth-order valence-corrected chi connectivity index (χ4v) is 4.27. The molecule has 0 aliphatic heterocycles. The molecular formula is C22H22NS+. The molecule has 0 fully saturated rings. The molecule has 2 heteroatoms. The largest absolute Gasteiger partial charge is 0.220 e. The van der Waals surface area contributed by atoms with Crippen LogP contribution in [0.2, 0.25) is 0 Å². The van der Waals surface area contributed by atoms with Crippen molar-refractivity contribution in [1.29, 1.82) is 0 Å². The summed E-state index contributed by atoms with van der Waals surface area (Å²) in [7, 11) is 2.14. The Hall–Kier alpha value is -2.19. The summed E-state index contributed by atoms with van der Waals surface area (Å²) < 4.78 is 3.60. The van der Waals surface area contributed by atoms with E-state index in [-0.39, 0.29) is 0 Å². The first-order valence-electron chi connectivity index (χ1n) is 8.45. The summed E-state index contributed by atoms with van der Waals surface area (Å²) in [5.41, 5.74) is 5.36. The second-order valence-corrected chi connectivity index (χ2v) is 7.85. The van der Waals surface area contributed by atoms with Gasteiger partial charge in [0, 0.05) is 10.8 Å². The van der Waals surface area contributed by atoms with Gasteiger partial charge in [0.2, 0.25) is 5.69 Å². The number of pyridine rings is 1. The van der Waals surface area contributed by atoms with Crippen molar-refractivity contribution in [3.8, 4) is 11.3 Å². The van der Waals surface area contributed by atoms with Gasteiger partial charge in [-0.2, -0.15) is 0 Å². The normalized spacial score (nSPS) is 11.7. The summed E-state index contributed by atoms with van der Waals surface area (Å²) in [6.45, 7) is 6.72. The predicted molar refractivity (Wildman–Crippen MR) is 105 cm³/mol. The molecule has 2 aromatic heterocycles. The average Bonchev–Trinajstić information content (AvgIpc) is 3.01. The lowest BCUT2D eigenvalue weighted by molar-refractivity contribution is -0.659. The summed E-state index contributed by atoms with van der Waals surface area (Å²) in [5, 5.41) is 6.15. The molecular weight excluding hydrogens is 310 g/mol. The SMILES string of the molecule is Cc1cc2ccsc2cc1-c1c2ccc(C(C)C)cc2cc[n+]1C. The van der Waals surface area contributed by atoms with Crippen LogP contribution in [0.4, 0.5) is 0 Å². The van der Waals surface area contributed by atoms with Crippen LogP contribution in [0, 0.1) is 6.92 Å². The number of fused-ring (bicyclic) bond motifs is 2. The Balaban J connectivity index is 2.03. The van der Waals surface area contributed by atoms with Crippen LogP contribution in [-0.2, 0) is 7.05 Å². The summed E-state index contributed by atoms with van der Waals surface area (Å²) in [6.07, 6.45) is 2.18.